The van der Waals surface area contributed by atoms with Crippen molar-refractivity contribution in [2.75, 3.05) is 19.0 Å². The van der Waals surface area contributed by atoms with Crippen LogP contribution in [-0.2, 0) is 0 Å². The third-order valence-electron chi connectivity index (χ3n) is 2.76. The van der Waals surface area contributed by atoms with Crippen molar-refractivity contribution in [2.24, 2.45) is 0 Å². The Balaban J connectivity index is 3.15. The fraction of sp³-hybridized carbons (Fsp3) is 0.417. The highest BCUT2D eigenvalue weighted by Crippen LogP contribution is 2.26. The highest BCUT2D eigenvalue weighted by Gasteiger charge is 2.18. The molecule has 0 aliphatic rings. The highest BCUT2D eigenvalue weighted by molar-refractivity contribution is 5.95. The van der Waals surface area contributed by atoms with Gasteiger partial charge in [-0.15, -0.1) is 0 Å². The minimum Gasteiger partial charge on any atom is -0.394 e. The van der Waals surface area contributed by atoms with E-state index in [-0.39, 0.29) is 29.9 Å². The minimum atomic E-state index is -0.528. The van der Waals surface area contributed by atoms with E-state index in [1.807, 2.05) is 6.92 Å². The van der Waals surface area contributed by atoms with Crippen LogP contribution in [0, 0.1) is 10.1 Å². The summed E-state index contributed by atoms with van der Waals surface area (Å²) in [4.78, 5) is 21.9. The molecular formula is C12H17N3O4. The van der Waals surface area contributed by atoms with E-state index in [0.29, 0.717) is 12.0 Å². The number of amides is 1. The first-order chi connectivity index (χ1) is 9.03. The molecule has 0 aromatic heterocycles. The lowest BCUT2D eigenvalue weighted by Crippen LogP contribution is -2.24. The topological polar surface area (TPSA) is 104 Å². The first-order valence-corrected chi connectivity index (χ1v) is 5.91. The van der Waals surface area contributed by atoms with E-state index >= 15 is 0 Å². The molecular weight excluding hydrogens is 250 g/mol. The van der Waals surface area contributed by atoms with Crippen LogP contribution in [0.3, 0.4) is 0 Å². The summed E-state index contributed by atoms with van der Waals surface area (Å²) >= 11 is 0. The molecule has 3 N–H and O–H groups in total. The second-order valence-electron chi connectivity index (χ2n) is 4.00. The molecule has 0 saturated heterocycles. The molecule has 0 saturated carbocycles. The van der Waals surface area contributed by atoms with Gasteiger partial charge in [-0.1, -0.05) is 6.92 Å². The van der Waals surface area contributed by atoms with Gasteiger partial charge in [-0.25, -0.2) is 0 Å². The molecule has 1 amide bonds. The van der Waals surface area contributed by atoms with E-state index in [4.69, 9.17) is 5.11 Å². The molecule has 1 atom stereocenters. The van der Waals surface area contributed by atoms with Crippen molar-refractivity contribution in [3.8, 4) is 0 Å². The van der Waals surface area contributed by atoms with Crippen molar-refractivity contribution >= 4 is 17.3 Å². The van der Waals surface area contributed by atoms with Gasteiger partial charge in [-0.05, 0) is 18.6 Å². The van der Waals surface area contributed by atoms with Gasteiger partial charge in [-0.2, -0.15) is 0 Å². The molecule has 1 rings (SSSR count). The van der Waals surface area contributed by atoms with Crippen LogP contribution in [0.2, 0.25) is 0 Å². The average molecular weight is 267 g/mol. The highest BCUT2D eigenvalue weighted by atomic mass is 16.6. The van der Waals surface area contributed by atoms with Crippen LogP contribution in [0.5, 0.6) is 0 Å². The number of aliphatic hydroxyl groups excluding tert-OH is 1. The van der Waals surface area contributed by atoms with Gasteiger partial charge >= 0.3 is 0 Å². The fourth-order valence-corrected chi connectivity index (χ4v) is 1.59. The van der Waals surface area contributed by atoms with Crippen molar-refractivity contribution in [1.82, 2.24) is 5.32 Å². The molecule has 104 valence electrons. The largest absolute Gasteiger partial charge is 0.394 e. The predicted molar refractivity (Wildman–Crippen MR) is 71.3 cm³/mol. The number of hydrogen-bond acceptors (Lipinski definition) is 5. The van der Waals surface area contributed by atoms with Crippen LogP contribution in [0.15, 0.2) is 18.2 Å². The van der Waals surface area contributed by atoms with Crippen molar-refractivity contribution in [1.29, 1.82) is 0 Å². The maximum atomic E-state index is 11.5. The zero-order valence-corrected chi connectivity index (χ0v) is 10.8. The van der Waals surface area contributed by atoms with Crippen molar-refractivity contribution < 1.29 is 14.8 Å². The first-order valence-electron chi connectivity index (χ1n) is 5.91. The van der Waals surface area contributed by atoms with Crippen LogP contribution in [0.4, 0.5) is 11.4 Å². The summed E-state index contributed by atoms with van der Waals surface area (Å²) in [6, 6.07) is 3.78. The Morgan fingerprint density at radius 3 is 2.68 bits per heavy atom. The van der Waals surface area contributed by atoms with Gasteiger partial charge in [0.05, 0.1) is 11.5 Å². The molecule has 0 radical (unpaired) electrons. The zero-order chi connectivity index (χ0) is 14.4. The Bertz CT molecular complexity index is 472. The van der Waals surface area contributed by atoms with Gasteiger partial charge in [0.1, 0.15) is 5.69 Å². The fourth-order valence-electron chi connectivity index (χ4n) is 1.59. The van der Waals surface area contributed by atoms with Gasteiger partial charge in [-0.3, -0.25) is 14.9 Å². The van der Waals surface area contributed by atoms with E-state index in [9.17, 15) is 14.9 Å². The second kappa shape index (κ2) is 6.69. The van der Waals surface area contributed by atoms with E-state index < -0.39 is 4.92 Å². The number of anilines is 1. The summed E-state index contributed by atoms with van der Waals surface area (Å²) < 4.78 is 0. The number of carbonyl (C=O) groups excluding carboxylic acids is 1. The Morgan fingerprint density at radius 1 is 1.53 bits per heavy atom. The van der Waals surface area contributed by atoms with Gasteiger partial charge in [0.25, 0.3) is 11.6 Å². The smallest absolute Gasteiger partial charge is 0.292 e. The molecule has 0 aliphatic carbocycles. The van der Waals surface area contributed by atoms with Crippen LogP contribution >= 0.6 is 0 Å². The quantitative estimate of drug-likeness (QED) is 0.529. The maximum Gasteiger partial charge on any atom is 0.292 e. The standard InChI is InChI=1S/C12H17N3O4/c1-3-9(7-16)14-10-6-8(12(17)13-2)4-5-11(10)15(18)19/h4-6,9,14,16H,3,7H2,1-2H3,(H,13,17). The summed E-state index contributed by atoms with van der Waals surface area (Å²) in [5.74, 6) is -0.324. The molecule has 1 aromatic carbocycles. The number of nitro benzene ring substituents is 1. The Kier molecular flexibility index (Phi) is 5.25. The Hall–Kier alpha value is -2.15. The lowest BCUT2D eigenvalue weighted by atomic mass is 10.1. The SMILES string of the molecule is CCC(CO)Nc1cc(C(=O)NC)ccc1[N+](=O)[O-]. The van der Waals surface area contributed by atoms with Gasteiger partial charge in [0.15, 0.2) is 0 Å². The van der Waals surface area contributed by atoms with Gasteiger partial charge in [0, 0.05) is 24.7 Å². The summed E-state index contributed by atoms with van der Waals surface area (Å²) in [5, 5.41) is 25.4. The van der Waals surface area contributed by atoms with Crippen molar-refractivity contribution in [3.63, 3.8) is 0 Å². The molecule has 0 aliphatic heterocycles. The predicted octanol–water partition coefficient (Wildman–Crippen LogP) is 1.14. The molecule has 7 nitrogen and oxygen atoms in total. The molecule has 0 spiro atoms. The molecule has 1 aromatic rings. The number of hydrogen-bond donors (Lipinski definition) is 3. The van der Waals surface area contributed by atoms with Crippen molar-refractivity contribution in [2.45, 2.75) is 19.4 Å². The third-order valence-corrected chi connectivity index (χ3v) is 2.76. The number of rotatable bonds is 6. The van der Waals surface area contributed by atoms with E-state index in [1.54, 1.807) is 0 Å². The Morgan fingerprint density at radius 2 is 2.21 bits per heavy atom. The van der Waals surface area contributed by atoms with Crippen molar-refractivity contribution in [3.05, 3.63) is 33.9 Å². The minimum absolute atomic E-state index is 0.125. The first kappa shape index (κ1) is 14.9. The van der Waals surface area contributed by atoms with Crippen LogP contribution in [0.25, 0.3) is 0 Å². The summed E-state index contributed by atoms with van der Waals surface area (Å²) in [7, 11) is 1.49. The molecule has 0 heterocycles. The number of nitrogens with zero attached hydrogens (tertiary/aromatic N) is 1. The normalized spacial score (nSPS) is 11.7. The lowest BCUT2D eigenvalue weighted by Gasteiger charge is -2.16. The van der Waals surface area contributed by atoms with Crippen LogP contribution in [0.1, 0.15) is 23.7 Å². The number of nitro groups is 1. The summed E-state index contributed by atoms with van der Waals surface area (Å²) in [6.45, 7) is 1.71. The summed E-state index contributed by atoms with van der Waals surface area (Å²) in [6.07, 6.45) is 0.609. The average Bonchev–Trinajstić information content (AvgIpc) is 2.43. The number of nitrogens with one attached hydrogen (secondary N) is 2. The number of benzene rings is 1. The summed E-state index contributed by atoms with van der Waals surface area (Å²) in [5.41, 5.74) is 0.426. The molecule has 7 heteroatoms. The molecule has 0 fully saturated rings. The van der Waals surface area contributed by atoms with Gasteiger partial charge in [0.2, 0.25) is 0 Å². The zero-order valence-electron chi connectivity index (χ0n) is 10.8. The third kappa shape index (κ3) is 3.65. The second-order valence-corrected chi connectivity index (χ2v) is 4.00. The molecule has 0 bridgehead atoms. The number of carbonyl (C=O) groups is 1. The van der Waals surface area contributed by atoms with Gasteiger partial charge < -0.3 is 15.7 Å². The van der Waals surface area contributed by atoms with E-state index in [2.05, 4.69) is 10.6 Å². The number of aliphatic hydroxyl groups is 1. The maximum absolute atomic E-state index is 11.5. The monoisotopic (exact) mass is 267 g/mol. The van der Waals surface area contributed by atoms with Crippen LogP contribution in [-0.4, -0.2) is 35.6 Å². The van der Waals surface area contributed by atoms with E-state index in [1.165, 1.54) is 25.2 Å². The molecule has 19 heavy (non-hydrogen) atoms. The van der Waals surface area contributed by atoms with Crippen LogP contribution < -0.4 is 10.6 Å². The Labute approximate surface area is 110 Å². The molecule has 1 unspecified atom stereocenters. The lowest BCUT2D eigenvalue weighted by molar-refractivity contribution is -0.384. The van der Waals surface area contributed by atoms with E-state index in [0.717, 1.165) is 0 Å².